The second-order valence-electron chi connectivity index (χ2n) is 6.71. The Labute approximate surface area is 152 Å². The molecule has 1 saturated carbocycles. The molecule has 1 fully saturated rings. The first kappa shape index (κ1) is 18.4. The van der Waals surface area contributed by atoms with E-state index < -0.39 is 21.6 Å². The first-order chi connectivity index (χ1) is 12.2. The van der Waals surface area contributed by atoms with Crippen molar-refractivity contribution in [2.24, 2.45) is 5.92 Å². The number of halogens is 1. The lowest BCUT2D eigenvalue weighted by Crippen LogP contribution is -2.33. The monoisotopic (exact) mass is 377 g/mol. The highest BCUT2D eigenvalue weighted by Crippen LogP contribution is 2.31. The molecule has 2 aromatic rings. The minimum Gasteiger partial charge on any atom is -0.508 e. The molecule has 0 aromatic heterocycles. The molecule has 0 bridgehead atoms. The summed E-state index contributed by atoms with van der Waals surface area (Å²) >= 11 is 0. The van der Waals surface area contributed by atoms with Crippen LogP contribution in [0.1, 0.15) is 28.8 Å². The summed E-state index contributed by atoms with van der Waals surface area (Å²) in [5.41, 5.74) is 0.465. The van der Waals surface area contributed by atoms with Gasteiger partial charge in [-0.05, 0) is 54.7 Å². The Morgan fingerprint density at radius 3 is 2.58 bits per heavy atom. The van der Waals surface area contributed by atoms with Crippen LogP contribution in [-0.4, -0.2) is 37.1 Å². The van der Waals surface area contributed by atoms with E-state index in [4.69, 9.17) is 0 Å². The van der Waals surface area contributed by atoms with Gasteiger partial charge >= 0.3 is 0 Å². The average molecular weight is 377 g/mol. The molecule has 26 heavy (non-hydrogen) atoms. The fourth-order valence-corrected chi connectivity index (χ4v) is 3.42. The maximum atomic E-state index is 14.2. The Hall–Kier alpha value is -2.41. The van der Waals surface area contributed by atoms with Gasteiger partial charge in [-0.1, -0.05) is 12.1 Å². The van der Waals surface area contributed by atoms with E-state index in [1.807, 2.05) is 0 Å². The van der Waals surface area contributed by atoms with Gasteiger partial charge in [-0.2, -0.15) is 0 Å². The van der Waals surface area contributed by atoms with Crippen LogP contribution in [0.15, 0.2) is 47.4 Å². The van der Waals surface area contributed by atoms with Gasteiger partial charge in [0.05, 0.1) is 10.5 Å². The number of phenolic OH excluding ortho intramolecular Hbond substituents is 1. The molecule has 138 valence electrons. The third-order valence-corrected chi connectivity index (χ3v) is 5.45. The van der Waals surface area contributed by atoms with Gasteiger partial charge in [0.1, 0.15) is 11.6 Å². The summed E-state index contributed by atoms with van der Waals surface area (Å²) in [6.45, 7) is 0.684. The van der Waals surface area contributed by atoms with Crippen LogP contribution in [0.4, 0.5) is 4.39 Å². The number of carbonyl (C=O) groups excluding carboxylic acids is 1. The quantitative estimate of drug-likeness (QED) is 0.786. The van der Waals surface area contributed by atoms with Gasteiger partial charge in [0.2, 0.25) is 0 Å². The van der Waals surface area contributed by atoms with Crippen molar-refractivity contribution in [3.63, 3.8) is 0 Å². The zero-order valence-electron chi connectivity index (χ0n) is 14.4. The van der Waals surface area contributed by atoms with Gasteiger partial charge in [-0.3, -0.25) is 4.79 Å². The van der Waals surface area contributed by atoms with Crippen LogP contribution in [0.5, 0.6) is 5.75 Å². The number of sulfone groups is 1. The lowest BCUT2D eigenvalue weighted by atomic mass is 10.1. The highest BCUT2D eigenvalue weighted by molar-refractivity contribution is 7.90. The lowest BCUT2D eigenvalue weighted by Gasteiger charge is -2.23. The Morgan fingerprint density at radius 2 is 1.96 bits per heavy atom. The summed E-state index contributed by atoms with van der Waals surface area (Å²) < 4.78 is 37.7. The summed E-state index contributed by atoms with van der Waals surface area (Å²) in [5, 5.41) is 9.62. The summed E-state index contributed by atoms with van der Waals surface area (Å²) in [6.07, 6.45) is 3.04. The van der Waals surface area contributed by atoms with E-state index in [-0.39, 0.29) is 22.8 Å². The van der Waals surface area contributed by atoms with E-state index in [1.54, 1.807) is 18.2 Å². The standard InChI is InChI=1S/C19H20FNO4S/c1-26(24,25)16-7-8-18(20)17(10-16)19(23)21(11-13-5-6-13)12-14-3-2-4-15(22)9-14/h2-4,7-10,13,22H,5-6,11-12H2,1H3. The van der Waals surface area contributed by atoms with Gasteiger partial charge in [-0.15, -0.1) is 0 Å². The molecule has 1 amide bonds. The van der Waals surface area contributed by atoms with E-state index in [9.17, 15) is 22.7 Å². The number of nitrogens with zero attached hydrogens (tertiary/aromatic N) is 1. The van der Waals surface area contributed by atoms with Gasteiger partial charge in [0.25, 0.3) is 5.91 Å². The van der Waals surface area contributed by atoms with E-state index in [1.165, 1.54) is 11.0 Å². The predicted molar refractivity (Wildman–Crippen MR) is 95.1 cm³/mol. The Balaban J connectivity index is 1.92. The number of rotatable bonds is 6. The molecule has 1 aliphatic carbocycles. The van der Waals surface area contributed by atoms with Crippen LogP contribution >= 0.6 is 0 Å². The maximum Gasteiger partial charge on any atom is 0.257 e. The summed E-state index contributed by atoms with van der Waals surface area (Å²) in [7, 11) is -3.55. The smallest absolute Gasteiger partial charge is 0.257 e. The number of benzene rings is 2. The first-order valence-electron chi connectivity index (χ1n) is 8.31. The van der Waals surface area contributed by atoms with Crippen molar-refractivity contribution in [2.75, 3.05) is 12.8 Å². The molecule has 0 aliphatic heterocycles. The number of carbonyl (C=O) groups is 1. The van der Waals surface area contributed by atoms with Gasteiger partial charge in [0.15, 0.2) is 9.84 Å². The van der Waals surface area contributed by atoms with Crippen molar-refractivity contribution >= 4 is 15.7 Å². The van der Waals surface area contributed by atoms with E-state index in [0.29, 0.717) is 12.5 Å². The molecule has 7 heteroatoms. The average Bonchev–Trinajstić information content (AvgIpc) is 3.37. The van der Waals surface area contributed by atoms with E-state index in [2.05, 4.69) is 0 Å². The van der Waals surface area contributed by atoms with Crippen LogP contribution in [-0.2, 0) is 16.4 Å². The third kappa shape index (κ3) is 4.40. The molecule has 0 radical (unpaired) electrons. The Kier molecular flexibility index (Phi) is 5.00. The normalized spacial score (nSPS) is 14.2. The zero-order chi connectivity index (χ0) is 18.9. The fraction of sp³-hybridized carbons (Fsp3) is 0.316. The number of hydrogen-bond acceptors (Lipinski definition) is 4. The van der Waals surface area contributed by atoms with Crippen molar-refractivity contribution in [1.29, 1.82) is 0 Å². The summed E-state index contributed by atoms with van der Waals surface area (Å²) in [4.78, 5) is 14.3. The SMILES string of the molecule is CS(=O)(=O)c1ccc(F)c(C(=O)N(Cc2cccc(O)c2)CC2CC2)c1. The second kappa shape index (κ2) is 7.07. The molecule has 0 atom stereocenters. The van der Waals surface area contributed by atoms with E-state index >= 15 is 0 Å². The van der Waals surface area contributed by atoms with Crippen molar-refractivity contribution in [1.82, 2.24) is 4.90 Å². The minimum absolute atomic E-state index is 0.0894. The molecule has 0 saturated heterocycles. The minimum atomic E-state index is -3.55. The molecule has 0 unspecified atom stereocenters. The highest BCUT2D eigenvalue weighted by Gasteiger charge is 2.29. The largest absolute Gasteiger partial charge is 0.508 e. The number of phenols is 1. The molecular weight excluding hydrogens is 357 g/mol. The zero-order valence-corrected chi connectivity index (χ0v) is 15.2. The Morgan fingerprint density at radius 1 is 1.23 bits per heavy atom. The molecule has 2 aromatic carbocycles. The van der Waals surface area contributed by atoms with Crippen molar-refractivity contribution in [2.45, 2.75) is 24.3 Å². The van der Waals surface area contributed by atoms with Crippen LogP contribution < -0.4 is 0 Å². The first-order valence-corrected chi connectivity index (χ1v) is 10.2. The van der Waals surface area contributed by atoms with Gasteiger partial charge < -0.3 is 10.0 Å². The second-order valence-corrected chi connectivity index (χ2v) is 8.73. The Bertz CT molecular complexity index is 938. The van der Waals surface area contributed by atoms with Gasteiger partial charge in [0, 0.05) is 19.3 Å². The molecule has 3 rings (SSSR count). The molecule has 5 nitrogen and oxygen atoms in total. The molecule has 0 heterocycles. The number of hydrogen-bond donors (Lipinski definition) is 1. The van der Waals surface area contributed by atoms with Crippen LogP contribution in [0.25, 0.3) is 0 Å². The van der Waals surface area contributed by atoms with Crippen molar-refractivity contribution in [3.8, 4) is 5.75 Å². The van der Waals surface area contributed by atoms with E-state index in [0.717, 1.165) is 42.9 Å². The molecule has 1 N–H and O–H groups in total. The predicted octanol–water partition coefficient (Wildman–Crippen LogP) is 2.99. The van der Waals surface area contributed by atoms with Crippen LogP contribution in [0.2, 0.25) is 0 Å². The van der Waals surface area contributed by atoms with Crippen LogP contribution in [0.3, 0.4) is 0 Å². The third-order valence-electron chi connectivity index (χ3n) is 4.34. The van der Waals surface area contributed by atoms with Crippen LogP contribution in [0, 0.1) is 11.7 Å². The highest BCUT2D eigenvalue weighted by atomic mass is 32.2. The molecule has 0 spiro atoms. The topological polar surface area (TPSA) is 74.7 Å². The maximum absolute atomic E-state index is 14.2. The number of aromatic hydroxyl groups is 1. The summed E-state index contributed by atoms with van der Waals surface area (Å²) in [5.74, 6) is -0.841. The fourth-order valence-electron chi connectivity index (χ4n) is 2.78. The lowest BCUT2D eigenvalue weighted by molar-refractivity contribution is 0.0729. The van der Waals surface area contributed by atoms with Gasteiger partial charge in [-0.25, -0.2) is 12.8 Å². The van der Waals surface area contributed by atoms with Crippen molar-refractivity contribution in [3.05, 3.63) is 59.4 Å². The number of amides is 1. The molecule has 1 aliphatic rings. The molecular formula is C19H20FNO4S. The van der Waals surface area contributed by atoms with Crippen molar-refractivity contribution < 1.29 is 22.7 Å². The summed E-state index contributed by atoms with van der Waals surface area (Å²) in [6, 6.07) is 9.79.